The highest BCUT2D eigenvalue weighted by Gasteiger charge is 2.28. The molecule has 1 aliphatic heterocycles. The predicted octanol–water partition coefficient (Wildman–Crippen LogP) is 4.30. The van der Waals surface area contributed by atoms with Crippen LogP contribution in [0.3, 0.4) is 0 Å². The van der Waals surface area contributed by atoms with Crippen molar-refractivity contribution in [2.24, 2.45) is 0 Å². The molecule has 10 heteroatoms. The summed E-state index contributed by atoms with van der Waals surface area (Å²) in [5.74, 6) is -0.994. The van der Waals surface area contributed by atoms with E-state index in [1.54, 1.807) is 18.2 Å². The van der Waals surface area contributed by atoms with Gasteiger partial charge in [0.05, 0.1) is 6.17 Å². The zero-order chi connectivity index (χ0) is 23.8. The van der Waals surface area contributed by atoms with E-state index in [4.69, 9.17) is 0 Å². The molecule has 1 aliphatic rings. The molecular weight excluding hydrogens is 478 g/mol. The summed E-state index contributed by atoms with van der Waals surface area (Å²) in [6.07, 6.45) is 3.39. The number of nitrogens with one attached hydrogen (secondary N) is 2. The zero-order valence-electron chi connectivity index (χ0n) is 18.9. The van der Waals surface area contributed by atoms with E-state index in [1.807, 2.05) is 36.6 Å². The van der Waals surface area contributed by atoms with Gasteiger partial charge in [0.25, 0.3) is 5.91 Å². The first-order valence-electron chi connectivity index (χ1n) is 10.9. The minimum Gasteiger partial charge on any atom is -0.480 e. The molecule has 1 fully saturated rings. The number of carboxylic acids is 1. The Kier molecular flexibility index (Phi) is 10.7. The number of hydrogen-bond donors (Lipinski definition) is 4. The second kappa shape index (κ2) is 13.2. The Balaban J connectivity index is 0.00000408. The van der Waals surface area contributed by atoms with E-state index in [0.29, 0.717) is 35.4 Å². The molecule has 2 aromatic carbocycles. The minimum absolute atomic E-state index is 0. The summed E-state index contributed by atoms with van der Waals surface area (Å²) in [4.78, 5) is 38.2. The SMILES string of the molecule is CSCCC(NC(=O)c1ccc(N(C(=O)O)C2CCCCN2)cc1-c1ccccc1)C(=O)O.Cl. The molecule has 2 atom stereocenters. The van der Waals surface area contributed by atoms with E-state index >= 15 is 0 Å². The predicted molar refractivity (Wildman–Crippen MR) is 137 cm³/mol. The topological polar surface area (TPSA) is 119 Å². The number of thioether (sulfide) groups is 1. The molecule has 8 nitrogen and oxygen atoms in total. The number of aliphatic carboxylic acids is 1. The number of anilines is 1. The molecule has 0 aromatic heterocycles. The lowest BCUT2D eigenvalue weighted by molar-refractivity contribution is -0.139. The van der Waals surface area contributed by atoms with Crippen molar-refractivity contribution in [1.82, 2.24) is 10.6 Å². The van der Waals surface area contributed by atoms with Crippen molar-refractivity contribution in [2.75, 3.05) is 23.5 Å². The summed E-state index contributed by atoms with van der Waals surface area (Å²) in [6, 6.07) is 13.0. The highest BCUT2D eigenvalue weighted by atomic mass is 35.5. The van der Waals surface area contributed by atoms with Crippen LogP contribution in [0.25, 0.3) is 11.1 Å². The molecule has 2 aromatic rings. The molecule has 184 valence electrons. The molecule has 0 spiro atoms. The number of nitrogens with zero attached hydrogens (tertiary/aromatic N) is 1. The van der Waals surface area contributed by atoms with Crippen LogP contribution in [0.15, 0.2) is 48.5 Å². The second-order valence-electron chi connectivity index (χ2n) is 7.86. The molecule has 3 rings (SSSR count). The van der Waals surface area contributed by atoms with Gasteiger partial charge in [-0.1, -0.05) is 30.3 Å². The number of halogens is 1. The van der Waals surface area contributed by atoms with Gasteiger partial charge in [-0.2, -0.15) is 11.8 Å². The number of carbonyl (C=O) groups is 3. The first kappa shape index (κ1) is 27.5. The summed E-state index contributed by atoms with van der Waals surface area (Å²) >= 11 is 1.51. The molecule has 1 saturated heterocycles. The van der Waals surface area contributed by atoms with Gasteiger partial charge >= 0.3 is 12.1 Å². The molecule has 1 heterocycles. The van der Waals surface area contributed by atoms with Gasteiger partial charge < -0.3 is 15.5 Å². The van der Waals surface area contributed by atoms with Crippen LogP contribution in [0.5, 0.6) is 0 Å². The van der Waals surface area contributed by atoms with Crippen molar-refractivity contribution < 1.29 is 24.6 Å². The molecule has 2 amide bonds. The maximum Gasteiger partial charge on any atom is 0.413 e. The molecule has 0 radical (unpaired) electrons. The van der Waals surface area contributed by atoms with Crippen LogP contribution in [0.4, 0.5) is 10.5 Å². The number of hydrogen-bond acceptors (Lipinski definition) is 5. The summed E-state index contributed by atoms with van der Waals surface area (Å²) in [7, 11) is 0. The third kappa shape index (κ3) is 6.88. The van der Waals surface area contributed by atoms with Crippen LogP contribution in [-0.2, 0) is 4.79 Å². The summed E-state index contributed by atoms with van der Waals surface area (Å²) < 4.78 is 0. The fourth-order valence-corrected chi connectivity index (χ4v) is 4.41. The first-order chi connectivity index (χ1) is 15.9. The average molecular weight is 508 g/mol. The summed E-state index contributed by atoms with van der Waals surface area (Å²) in [5.41, 5.74) is 2.03. The van der Waals surface area contributed by atoms with Crippen molar-refractivity contribution in [1.29, 1.82) is 0 Å². The Morgan fingerprint density at radius 1 is 1.15 bits per heavy atom. The van der Waals surface area contributed by atoms with E-state index in [9.17, 15) is 24.6 Å². The largest absolute Gasteiger partial charge is 0.480 e. The number of rotatable bonds is 9. The van der Waals surface area contributed by atoms with Crippen molar-refractivity contribution in [3.63, 3.8) is 0 Å². The standard InChI is InChI=1S/C24H29N3O5S.ClH/c1-33-14-12-20(23(29)30)26-22(28)18-11-10-17(15-19(18)16-7-3-2-4-8-16)27(24(31)32)21-9-5-6-13-25-21;/h2-4,7-8,10-11,15,20-21,25H,5-6,9,12-14H2,1H3,(H,26,28)(H,29,30)(H,31,32);1H. The van der Waals surface area contributed by atoms with E-state index in [1.165, 1.54) is 16.7 Å². The smallest absolute Gasteiger partial charge is 0.413 e. The highest BCUT2D eigenvalue weighted by Crippen LogP contribution is 2.31. The van der Waals surface area contributed by atoms with E-state index in [-0.39, 0.29) is 18.6 Å². The van der Waals surface area contributed by atoms with Gasteiger partial charge in [0.2, 0.25) is 0 Å². The normalized spacial score (nSPS) is 16.1. The van der Waals surface area contributed by atoms with E-state index in [0.717, 1.165) is 24.9 Å². The van der Waals surface area contributed by atoms with Gasteiger partial charge in [0.15, 0.2) is 0 Å². The fourth-order valence-electron chi connectivity index (χ4n) is 3.94. The van der Waals surface area contributed by atoms with Gasteiger partial charge in [-0.15, -0.1) is 12.4 Å². The molecule has 34 heavy (non-hydrogen) atoms. The van der Waals surface area contributed by atoms with E-state index < -0.39 is 24.0 Å². The van der Waals surface area contributed by atoms with Crippen LogP contribution in [0.2, 0.25) is 0 Å². The summed E-state index contributed by atoms with van der Waals surface area (Å²) in [5, 5.41) is 25.3. The lowest BCUT2D eigenvalue weighted by atomic mass is 9.97. The third-order valence-electron chi connectivity index (χ3n) is 5.63. The number of amides is 2. The van der Waals surface area contributed by atoms with E-state index in [2.05, 4.69) is 10.6 Å². The zero-order valence-corrected chi connectivity index (χ0v) is 20.5. The van der Waals surface area contributed by atoms with Gasteiger partial charge in [0.1, 0.15) is 6.04 Å². The van der Waals surface area contributed by atoms with Crippen LogP contribution >= 0.6 is 24.2 Å². The van der Waals surface area contributed by atoms with Crippen molar-refractivity contribution in [2.45, 2.75) is 37.9 Å². The van der Waals surface area contributed by atoms with Crippen LogP contribution < -0.4 is 15.5 Å². The maximum absolute atomic E-state index is 13.1. The number of piperidine rings is 1. The molecule has 2 unspecified atom stereocenters. The van der Waals surface area contributed by atoms with Gasteiger partial charge in [-0.3, -0.25) is 15.0 Å². The first-order valence-corrected chi connectivity index (χ1v) is 12.3. The molecule has 0 bridgehead atoms. The summed E-state index contributed by atoms with van der Waals surface area (Å²) in [6.45, 7) is 0.743. The van der Waals surface area contributed by atoms with Crippen LogP contribution in [-0.4, -0.2) is 58.9 Å². The molecule has 0 saturated carbocycles. The second-order valence-corrected chi connectivity index (χ2v) is 8.85. The Hall–Kier alpha value is -2.75. The van der Waals surface area contributed by atoms with Crippen LogP contribution in [0.1, 0.15) is 36.0 Å². The van der Waals surface area contributed by atoms with Crippen molar-refractivity contribution >= 4 is 47.8 Å². The maximum atomic E-state index is 13.1. The number of carbonyl (C=O) groups excluding carboxylic acids is 1. The Bertz CT molecular complexity index is 986. The number of benzene rings is 2. The minimum atomic E-state index is -1.09. The molecule has 4 N–H and O–H groups in total. The Morgan fingerprint density at radius 3 is 2.47 bits per heavy atom. The van der Waals surface area contributed by atoms with Gasteiger partial charge in [-0.25, -0.2) is 9.59 Å². The monoisotopic (exact) mass is 507 g/mol. The quantitative estimate of drug-likeness (QED) is 0.399. The van der Waals surface area contributed by atoms with Crippen LogP contribution in [0, 0.1) is 0 Å². The molecular formula is C24H30ClN3O5S. The fraction of sp³-hybridized carbons (Fsp3) is 0.375. The Morgan fingerprint density at radius 2 is 1.88 bits per heavy atom. The number of carboxylic acid groups (broad SMARTS) is 2. The average Bonchev–Trinajstić information content (AvgIpc) is 2.82. The third-order valence-corrected chi connectivity index (χ3v) is 6.27. The van der Waals surface area contributed by atoms with Gasteiger partial charge in [-0.05, 0) is 73.6 Å². The van der Waals surface area contributed by atoms with Gasteiger partial charge in [0, 0.05) is 11.3 Å². The lowest BCUT2D eigenvalue weighted by Gasteiger charge is -2.33. The van der Waals surface area contributed by atoms with Crippen molar-refractivity contribution in [3.05, 3.63) is 54.1 Å². The molecule has 0 aliphatic carbocycles. The lowest BCUT2D eigenvalue weighted by Crippen LogP contribution is -2.50. The Labute approximate surface area is 209 Å². The highest BCUT2D eigenvalue weighted by molar-refractivity contribution is 7.98. The van der Waals surface area contributed by atoms with Crippen molar-refractivity contribution in [3.8, 4) is 11.1 Å².